The van der Waals surface area contributed by atoms with Gasteiger partial charge in [0.05, 0.1) is 11.9 Å². The molecule has 0 radical (unpaired) electrons. The van der Waals surface area contributed by atoms with Crippen LogP contribution in [0, 0.1) is 0 Å². The number of oxazole rings is 1. The molecule has 3 aromatic heterocycles. The lowest BCUT2D eigenvalue weighted by Gasteiger charge is -2.05. The molecule has 0 unspecified atom stereocenters. The zero-order chi connectivity index (χ0) is 22.8. The van der Waals surface area contributed by atoms with Crippen LogP contribution in [0.2, 0.25) is 0 Å². The van der Waals surface area contributed by atoms with Gasteiger partial charge in [-0.25, -0.2) is 9.50 Å². The van der Waals surface area contributed by atoms with E-state index in [0.29, 0.717) is 29.9 Å². The second-order valence-electron chi connectivity index (χ2n) is 8.06. The van der Waals surface area contributed by atoms with Gasteiger partial charge in [0.1, 0.15) is 0 Å². The van der Waals surface area contributed by atoms with Gasteiger partial charge >= 0.3 is 0 Å². The van der Waals surface area contributed by atoms with Crippen molar-refractivity contribution in [3.63, 3.8) is 0 Å². The third-order valence-corrected chi connectivity index (χ3v) is 6.20. The Bertz CT molecular complexity index is 1380. The van der Waals surface area contributed by atoms with Crippen molar-refractivity contribution < 1.29 is 9.21 Å². The lowest BCUT2D eigenvalue weighted by Crippen LogP contribution is -2.13. The van der Waals surface area contributed by atoms with Crippen molar-refractivity contribution in [2.24, 2.45) is 0 Å². The summed E-state index contributed by atoms with van der Waals surface area (Å²) in [5.74, 6) is 1.81. The first-order valence-corrected chi connectivity index (χ1v) is 11.7. The van der Waals surface area contributed by atoms with Crippen LogP contribution in [0.5, 0.6) is 0 Å². The monoisotopic (exact) mass is 457 g/mol. The third kappa shape index (κ3) is 4.56. The summed E-state index contributed by atoms with van der Waals surface area (Å²) in [4.78, 5) is 21.9. The van der Waals surface area contributed by atoms with Crippen molar-refractivity contribution in [3.05, 3.63) is 77.6 Å². The lowest BCUT2D eigenvalue weighted by atomic mass is 10.0. The standard InChI is InChI=1S/C25H23N5O2S/c1-16(2)17-8-10-19(11-9-17)21-14-26-23(32-21)13-12-22(31)27-24-28-25-30(29-24)20(15-33-25)18-6-4-3-5-7-18/h3-11,14-16H,12-13H2,1-2H3,(H,27,29,31). The van der Waals surface area contributed by atoms with Crippen LogP contribution in [0.3, 0.4) is 0 Å². The highest BCUT2D eigenvalue weighted by Gasteiger charge is 2.14. The van der Waals surface area contributed by atoms with Crippen LogP contribution in [-0.2, 0) is 11.2 Å². The van der Waals surface area contributed by atoms with E-state index in [4.69, 9.17) is 4.42 Å². The van der Waals surface area contributed by atoms with Crippen molar-refractivity contribution in [3.8, 4) is 22.6 Å². The number of rotatable bonds is 7. The number of benzene rings is 2. The predicted octanol–water partition coefficient (Wildman–Crippen LogP) is 5.81. The van der Waals surface area contributed by atoms with E-state index in [0.717, 1.165) is 21.8 Å². The Hall–Kier alpha value is -3.78. The van der Waals surface area contributed by atoms with Gasteiger partial charge in [0.2, 0.25) is 16.8 Å². The molecule has 1 amide bonds. The van der Waals surface area contributed by atoms with Crippen molar-refractivity contribution in [1.82, 2.24) is 19.6 Å². The first-order chi connectivity index (χ1) is 16.1. The molecule has 5 rings (SSSR count). The number of aromatic nitrogens is 4. The van der Waals surface area contributed by atoms with E-state index in [1.165, 1.54) is 16.9 Å². The molecule has 8 heteroatoms. The molecule has 0 saturated carbocycles. The predicted molar refractivity (Wildman–Crippen MR) is 129 cm³/mol. The minimum Gasteiger partial charge on any atom is -0.441 e. The first kappa shape index (κ1) is 21.1. The molecule has 0 aliphatic carbocycles. The number of amides is 1. The summed E-state index contributed by atoms with van der Waals surface area (Å²) in [5.41, 5.74) is 4.24. The van der Waals surface area contributed by atoms with Gasteiger partial charge in [0.15, 0.2) is 11.7 Å². The average molecular weight is 458 g/mol. The van der Waals surface area contributed by atoms with E-state index in [9.17, 15) is 4.79 Å². The Balaban J connectivity index is 1.21. The highest BCUT2D eigenvalue weighted by atomic mass is 32.1. The van der Waals surface area contributed by atoms with Gasteiger partial charge in [-0.15, -0.1) is 16.4 Å². The summed E-state index contributed by atoms with van der Waals surface area (Å²) < 4.78 is 7.60. The number of hydrogen-bond donors (Lipinski definition) is 1. The molecule has 3 heterocycles. The van der Waals surface area contributed by atoms with E-state index in [1.54, 1.807) is 10.7 Å². The van der Waals surface area contributed by atoms with E-state index in [2.05, 4.69) is 46.4 Å². The van der Waals surface area contributed by atoms with E-state index >= 15 is 0 Å². The summed E-state index contributed by atoms with van der Waals surface area (Å²) in [6.07, 6.45) is 2.33. The fraction of sp³-hybridized carbons (Fsp3) is 0.200. The maximum atomic E-state index is 12.5. The van der Waals surface area contributed by atoms with E-state index in [-0.39, 0.29) is 12.3 Å². The summed E-state index contributed by atoms with van der Waals surface area (Å²) in [5, 5.41) is 9.24. The fourth-order valence-electron chi connectivity index (χ4n) is 3.54. The Morgan fingerprint density at radius 1 is 1.09 bits per heavy atom. The van der Waals surface area contributed by atoms with Gasteiger partial charge in [0, 0.05) is 29.3 Å². The molecule has 0 bridgehead atoms. The Morgan fingerprint density at radius 3 is 2.64 bits per heavy atom. The molecule has 0 aliphatic heterocycles. The second-order valence-corrected chi connectivity index (χ2v) is 8.90. The third-order valence-electron chi connectivity index (χ3n) is 5.38. The number of nitrogens with zero attached hydrogens (tertiary/aromatic N) is 4. The number of anilines is 1. The lowest BCUT2D eigenvalue weighted by molar-refractivity contribution is -0.116. The van der Waals surface area contributed by atoms with Crippen LogP contribution in [-0.4, -0.2) is 25.5 Å². The Morgan fingerprint density at radius 2 is 1.88 bits per heavy atom. The SMILES string of the molecule is CC(C)c1ccc(-c2cnc(CCC(=O)Nc3nc4scc(-c5ccccc5)n4n3)o2)cc1. The molecule has 0 spiro atoms. The molecule has 0 aliphatic rings. The molecule has 5 aromatic rings. The zero-order valence-electron chi connectivity index (χ0n) is 18.4. The first-order valence-electron chi connectivity index (χ1n) is 10.8. The molecule has 1 N–H and O–H groups in total. The number of carbonyl (C=O) groups is 1. The van der Waals surface area contributed by atoms with Gasteiger partial charge in [-0.2, -0.15) is 4.98 Å². The quantitative estimate of drug-likeness (QED) is 0.333. The van der Waals surface area contributed by atoms with Crippen LogP contribution in [0.1, 0.15) is 37.6 Å². The van der Waals surface area contributed by atoms with Crippen LogP contribution >= 0.6 is 11.3 Å². The minimum absolute atomic E-state index is 0.185. The smallest absolute Gasteiger partial charge is 0.250 e. The van der Waals surface area contributed by atoms with Crippen molar-refractivity contribution >= 4 is 28.2 Å². The highest BCUT2D eigenvalue weighted by Crippen LogP contribution is 2.26. The maximum Gasteiger partial charge on any atom is 0.250 e. The zero-order valence-corrected chi connectivity index (χ0v) is 19.2. The molecule has 7 nitrogen and oxygen atoms in total. The summed E-state index contributed by atoms with van der Waals surface area (Å²) in [6.45, 7) is 4.33. The molecule has 2 aromatic carbocycles. The van der Waals surface area contributed by atoms with Gasteiger partial charge in [0.25, 0.3) is 0 Å². The van der Waals surface area contributed by atoms with Crippen LogP contribution < -0.4 is 5.32 Å². The molecule has 33 heavy (non-hydrogen) atoms. The molecule has 0 saturated heterocycles. The molecule has 166 valence electrons. The Labute approximate surface area is 195 Å². The Kier molecular flexibility index (Phi) is 5.75. The largest absolute Gasteiger partial charge is 0.441 e. The number of carbonyl (C=O) groups excluding carboxylic acids is 1. The molecular weight excluding hydrogens is 434 g/mol. The van der Waals surface area contributed by atoms with Crippen LogP contribution in [0.15, 0.2) is 70.6 Å². The summed E-state index contributed by atoms with van der Waals surface area (Å²) in [6, 6.07) is 18.2. The summed E-state index contributed by atoms with van der Waals surface area (Å²) in [7, 11) is 0. The van der Waals surface area contributed by atoms with Gasteiger partial charge in [-0.3, -0.25) is 10.1 Å². The maximum absolute atomic E-state index is 12.5. The normalized spacial score (nSPS) is 11.4. The number of hydrogen-bond acceptors (Lipinski definition) is 6. The number of thiazole rings is 1. The molecular formula is C25H23N5O2S. The number of fused-ring (bicyclic) bond motifs is 1. The van der Waals surface area contributed by atoms with Crippen molar-refractivity contribution in [1.29, 1.82) is 0 Å². The van der Waals surface area contributed by atoms with Crippen LogP contribution in [0.4, 0.5) is 5.95 Å². The topological polar surface area (TPSA) is 85.3 Å². The molecule has 0 fully saturated rings. The van der Waals surface area contributed by atoms with Gasteiger partial charge in [-0.1, -0.05) is 68.4 Å². The van der Waals surface area contributed by atoms with Crippen molar-refractivity contribution in [2.75, 3.05) is 5.32 Å². The van der Waals surface area contributed by atoms with Crippen LogP contribution in [0.25, 0.3) is 27.5 Å². The summed E-state index contributed by atoms with van der Waals surface area (Å²) >= 11 is 1.48. The van der Waals surface area contributed by atoms with Crippen molar-refractivity contribution in [2.45, 2.75) is 32.6 Å². The highest BCUT2D eigenvalue weighted by molar-refractivity contribution is 7.15. The second kappa shape index (κ2) is 8.99. The van der Waals surface area contributed by atoms with Gasteiger partial charge < -0.3 is 4.42 Å². The number of nitrogens with one attached hydrogen (secondary N) is 1. The average Bonchev–Trinajstić information content (AvgIpc) is 3.54. The van der Waals surface area contributed by atoms with E-state index < -0.39 is 0 Å². The van der Waals surface area contributed by atoms with Gasteiger partial charge in [-0.05, 0) is 11.5 Å². The molecule has 0 atom stereocenters. The number of aryl methyl sites for hydroxylation is 1. The van der Waals surface area contributed by atoms with E-state index in [1.807, 2.05) is 47.8 Å². The minimum atomic E-state index is -0.185. The fourth-order valence-corrected chi connectivity index (χ4v) is 4.37.